The van der Waals surface area contributed by atoms with Crippen molar-refractivity contribution < 1.29 is 0 Å². The highest BCUT2D eigenvalue weighted by molar-refractivity contribution is 7.03. The Morgan fingerprint density at radius 1 is 0.162 bits per heavy atom. The highest BCUT2D eigenvalue weighted by Crippen LogP contribution is 2.50. The first-order valence-electron chi connectivity index (χ1n) is 40.5. The van der Waals surface area contributed by atoms with Crippen LogP contribution in [-0.4, -0.2) is 20.1 Å². The second-order valence-electron chi connectivity index (χ2n) is 30.5. The fourth-order valence-electron chi connectivity index (χ4n) is 19.4. The zero-order chi connectivity index (χ0) is 77.3. The molecule has 0 saturated heterocycles. The van der Waals surface area contributed by atoms with E-state index in [2.05, 4.69) is 484 Å². The van der Waals surface area contributed by atoms with E-state index in [0.29, 0.717) is 0 Å². The van der Waals surface area contributed by atoms with Crippen LogP contribution in [0.1, 0.15) is 0 Å². The van der Waals surface area contributed by atoms with Crippen LogP contribution in [0.15, 0.2) is 455 Å². The maximum absolute atomic E-state index is 2.48. The third-order valence-electron chi connectivity index (χ3n) is 24.1. The number of fused-ring (bicyclic) bond motifs is 15. The normalized spacial score (nSPS) is 12.5. The number of hydrogen-bond acceptors (Lipinski definition) is 6. The van der Waals surface area contributed by atoms with Gasteiger partial charge in [0, 0.05) is 91.0 Å². The SMILES string of the molecule is c1ccc(N(c2ccccc2)c2ccc3c(c2)B2c4ccccc4-c4cccc(c42)N3c2ccccc2)cc1.c1ccc(N(c2ccccc2)c2ccc3c(c2)N(c2ccccc2)c2cccc4c2B3c2ccccc2-4)cc1.c1ccc(N(c2ccccc2)c2cccc3c2N(c2ccccc2)c2cccc4c2B3c2ccccc2-4)cc1. The van der Waals surface area contributed by atoms with Crippen molar-refractivity contribution in [3.8, 4) is 33.4 Å². The minimum absolute atomic E-state index is 0.190. The molecule has 0 unspecified atom stereocenters. The van der Waals surface area contributed by atoms with Crippen molar-refractivity contribution in [1.82, 2.24) is 0 Å². The van der Waals surface area contributed by atoms with Crippen LogP contribution >= 0.6 is 0 Å². The summed E-state index contributed by atoms with van der Waals surface area (Å²) in [4.78, 5) is 14.5. The molecule has 0 atom stereocenters. The summed E-state index contributed by atoms with van der Waals surface area (Å²) in [5.41, 5.74) is 41.7. The van der Waals surface area contributed by atoms with Gasteiger partial charge in [0.25, 0.3) is 0 Å². The summed E-state index contributed by atoms with van der Waals surface area (Å²) in [5, 5.41) is 0. The third kappa shape index (κ3) is 11.6. The van der Waals surface area contributed by atoms with Gasteiger partial charge in [0.15, 0.2) is 0 Å². The van der Waals surface area contributed by atoms with Gasteiger partial charge >= 0.3 is 0 Å². The Bertz CT molecular complexity index is 6450. The van der Waals surface area contributed by atoms with Gasteiger partial charge in [-0.2, -0.15) is 0 Å². The third-order valence-corrected chi connectivity index (χ3v) is 24.1. The van der Waals surface area contributed by atoms with Crippen molar-refractivity contribution in [3.05, 3.63) is 455 Å². The van der Waals surface area contributed by atoms with E-state index in [1.807, 2.05) is 0 Å². The largest absolute Gasteiger partial charge is 0.311 e. The van der Waals surface area contributed by atoms with E-state index in [1.165, 1.54) is 128 Å². The van der Waals surface area contributed by atoms with Gasteiger partial charge < -0.3 is 29.4 Å². The van der Waals surface area contributed by atoms with Crippen molar-refractivity contribution in [2.45, 2.75) is 0 Å². The lowest BCUT2D eigenvalue weighted by molar-refractivity contribution is 1.23. The first kappa shape index (κ1) is 68.7. The molecule has 0 spiro atoms. The van der Waals surface area contributed by atoms with Crippen molar-refractivity contribution in [3.63, 3.8) is 0 Å². The van der Waals surface area contributed by atoms with E-state index < -0.39 is 0 Å². The minimum atomic E-state index is 0.190. The van der Waals surface area contributed by atoms with E-state index in [-0.39, 0.29) is 20.1 Å². The molecule has 0 fully saturated rings. The summed E-state index contributed by atoms with van der Waals surface area (Å²) in [7, 11) is 0. The molecule has 0 aromatic heterocycles. The fourth-order valence-corrected chi connectivity index (χ4v) is 19.4. The summed E-state index contributed by atoms with van der Waals surface area (Å²) >= 11 is 0. The van der Waals surface area contributed by atoms with E-state index in [4.69, 9.17) is 0 Å². The summed E-state index contributed by atoms with van der Waals surface area (Å²) in [5.74, 6) is 0. The second-order valence-corrected chi connectivity index (χ2v) is 30.5. The Hall–Kier alpha value is -15.0. The molecule has 117 heavy (non-hydrogen) atoms. The van der Waals surface area contributed by atoms with E-state index in [0.717, 1.165) is 56.9 Å². The molecule has 18 aromatic carbocycles. The number of anilines is 18. The molecule has 0 saturated carbocycles. The van der Waals surface area contributed by atoms with Crippen LogP contribution in [-0.2, 0) is 0 Å². The minimum Gasteiger partial charge on any atom is -0.311 e. The van der Waals surface area contributed by atoms with Crippen LogP contribution < -0.4 is 78.6 Å². The molecular formula is C108H75B3N6. The molecule has 6 heterocycles. The Labute approximate surface area is 684 Å². The lowest BCUT2D eigenvalue weighted by Crippen LogP contribution is -2.55. The molecule has 9 heteroatoms. The smallest absolute Gasteiger partial charge is 0.248 e. The van der Waals surface area contributed by atoms with Gasteiger partial charge in [-0.3, -0.25) is 0 Å². The van der Waals surface area contributed by atoms with Gasteiger partial charge in [-0.1, -0.05) is 308 Å². The Morgan fingerprint density at radius 3 is 0.863 bits per heavy atom. The topological polar surface area (TPSA) is 19.4 Å². The maximum atomic E-state index is 2.48. The van der Waals surface area contributed by atoms with Crippen LogP contribution in [0.25, 0.3) is 33.4 Å². The zero-order valence-electron chi connectivity index (χ0n) is 64.2. The quantitative estimate of drug-likeness (QED) is 0.113. The molecule has 0 bridgehead atoms. The first-order valence-corrected chi connectivity index (χ1v) is 40.5. The number of nitrogens with zero attached hydrogens (tertiary/aromatic N) is 6. The van der Waals surface area contributed by atoms with Gasteiger partial charge in [0.2, 0.25) is 20.1 Å². The lowest BCUT2D eigenvalue weighted by atomic mass is 9.37. The molecule has 0 radical (unpaired) electrons. The number of benzene rings is 18. The predicted octanol–water partition coefficient (Wildman–Crippen LogP) is 22.3. The van der Waals surface area contributed by atoms with E-state index in [9.17, 15) is 0 Å². The van der Waals surface area contributed by atoms with Crippen molar-refractivity contribution in [2.75, 3.05) is 29.4 Å². The first-order chi connectivity index (χ1) is 58.2. The molecule has 0 amide bonds. The van der Waals surface area contributed by atoms with Gasteiger partial charge in [-0.05, 0) is 230 Å². The second kappa shape index (κ2) is 29.2. The molecule has 6 nitrogen and oxygen atoms in total. The molecular weight excluding hydrogens is 1410 g/mol. The maximum Gasteiger partial charge on any atom is 0.248 e. The lowest BCUT2D eigenvalue weighted by Gasteiger charge is -2.39. The molecule has 24 rings (SSSR count). The highest BCUT2D eigenvalue weighted by atomic mass is 15.2. The summed E-state index contributed by atoms with van der Waals surface area (Å²) in [6, 6.07) is 164. The Kier molecular flexibility index (Phi) is 17.1. The molecule has 6 aliphatic rings. The monoisotopic (exact) mass is 1490 g/mol. The summed E-state index contributed by atoms with van der Waals surface area (Å²) in [6.45, 7) is 0.602. The van der Waals surface area contributed by atoms with Crippen LogP contribution in [0.3, 0.4) is 0 Å². The molecule has 6 aliphatic heterocycles. The Balaban J connectivity index is 0.000000106. The standard InChI is InChI=1S/3C36H25BN2/c1-4-14-26(15-5-1)38(27-16-6-2-7-17-27)34-25-13-23-32-36(34)39(28-18-8-3-9-19-28)33-24-12-21-30-29-20-10-11-22-31(29)37(32)35(30)33;1-4-13-26(14-5-1)38(27-15-6-2-7-16-27)29-23-24-34-33(25-29)37-32-21-11-10-19-30(32)31-20-12-22-35(36(31)37)39(34)28-17-8-3-9-18-28;1-4-13-26(14-5-1)38(27-15-6-2-7-16-27)29-23-24-33-35(25-29)39(28-17-8-3-9-18-28)34-22-12-20-31-30-19-10-11-21-32(30)37(33)36(31)34/h3*1-25H. The number of rotatable bonds is 12. The Morgan fingerprint density at radius 2 is 0.453 bits per heavy atom. The molecule has 0 aliphatic carbocycles. The molecule has 546 valence electrons. The highest BCUT2D eigenvalue weighted by Gasteiger charge is 2.47. The van der Waals surface area contributed by atoms with Crippen LogP contribution in [0.2, 0.25) is 0 Å². The average Bonchev–Trinajstić information content (AvgIpc) is 1.58. The molecule has 18 aromatic rings. The zero-order valence-corrected chi connectivity index (χ0v) is 64.2. The van der Waals surface area contributed by atoms with Crippen LogP contribution in [0.5, 0.6) is 0 Å². The van der Waals surface area contributed by atoms with Crippen molar-refractivity contribution >= 4 is 172 Å². The van der Waals surface area contributed by atoms with E-state index >= 15 is 0 Å². The van der Waals surface area contributed by atoms with Gasteiger partial charge in [0.05, 0.1) is 11.4 Å². The van der Waals surface area contributed by atoms with Gasteiger partial charge in [0.1, 0.15) is 0 Å². The number of para-hydroxylation sites is 10. The van der Waals surface area contributed by atoms with Crippen molar-refractivity contribution in [1.29, 1.82) is 0 Å². The van der Waals surface area contributed by atoms with Gasteiger partial charge in [-0.25, -0.2) is 0 Å². The van der Waals surface area contributed by atoms with Crippen LogP contribution in [0.4, 0.5) is 102 Å². The van der Waals surface area contributed by atoms with Crippen LogP contribution in [0, 0.1) is 0 Å². The van der Waals surface area contributed by atoms with E-state index in [1.54, 1.807) is 0 Å². The average molecular weight is 1490 g/mol. The van der Waals surface area contributed by atoms with Crippen molar-refractivity contribution in [2.24, 2.45) is 0 Å². The summed E-state index contributed by atoms with van der Waals surface area (Å²) < 4.78 is 0. The van der Waals surface area contributed by atoms with Gasteiger partial charge in [-0.15, -0.1) is 0 Å². The predicted molar refractivity (Wildman–Crippen MR) is 498 cm³/mol. The molecule has 0 N–H and O–H groups in total. The number of hydrogen-bond donors (Lipinski definition) is 0. The fraction of sp³-hybridized carbons (Fsp3) is 0. The summed E-state index contributed by atoms with van der Waals surface area (Å²) in [6.07, 6.45) is 0.